The number of aliphatic hydroxyl groups is 1. The van der Waals surface area contributed by atoms with Gasteiger partial charge in [-0.25, -0.2) is 17.9 Å². The fourth-order valence-electron chi connectivity index (χ4n) is 3.14. The molecule has 0 aromatic heterocycles. The number of benzene rings is 2. The van der Waals surface area contributed by atoms with Crippen LogP contribution in [0, 0.1) is 5.92 Å². The molecular formula is C22H30N2O5S. The standard InChI is InChI=1S/C22H30N2O5S/c1-16(2)12-13-18-10-6-7-11-21(18)30(28,29)23-15-20(25)19(24-22(26)27)14-17-8-4-3-5-9-17/h3-11,16,19-20,23-25H,12-15H2,1-2H3,(H,26,27)/t19-,20+/m0/s1. The summed E-state index contributed by atoms with van der Waals surface area (Å²) in [7, 11) is -3.85. The van der Waals surface area contributed by atoms with Crippen molar-refractivity contribution in [1.29, 1.82) is 0 Å². The predicted molar refractivity (Wildman–Crippen MR) is 116 cm³/mol. The Morgan fingerprint density at radius 2 is 1.67 bits per heavy atom. The molecule has 8 heteroatoms. The molecule has 0 unspecified atom stereocenters. The minimum absolute atomic E-state index is 0.184. The third-order valence-electron chi connectivity index (χ3n) is 4.81. The fourth-order valence-corrected chi connectivity index (χ4v) is 4.46. The van der Waals surface area contributed by atoms with Crippen molar-refractivity contribution in [2.24, 2.45) is 5.92 Å². The van der Waals surface area contributed by atoms with Gasteiger partial charge in [0.1, 0.15) is 0 Å². The van der Waals surface area contributed by atoms with Crippen LogP contribution < -0.4 is 10.0 Å². The molecular weight excluding hydrogens is 404 g/mol. The van der Waals surface area contributed by atoms with Crippen molar-refractivity contribution in [1.82, 2.24) is 10.0 Å². The van der Waals surface area contributed by atoms with Gasteiger partial charge in [-0.15, -0.1) is 0 Å². The Morgan fingerprint density at radius 1 is 1.03 bits per heavy atom. The molecule has 4 N–H and O–H groups in total. The molecule has 30 heavy (non-hydrogen) atoms. The van der Waals surface area contributed by atoms with E-state index in [2.05, 4.69) is 23.9 Å². The van der Waals surface area contributed by atoms with Crippen molar-refractivity contribution in [2.75, 3.05) is 6.54 Å². The number of hydrogen-bond donors (Lipinski definition) is 4. The van der Waals surface area contributed by atoms with E-state index in [-0.39, 0.29) is 17.9 Å². The minimum Gasteiger partial charge on any atom is -0.465 e. The first-order valence-corrected chi connectivity index (χ1v) is 11.5. The first kappa shape index (κ1) is 23.9. The second-order valence-electron chi connectivity index (χ2n) is 7.71. The summed E-state index contributed by atoms with van der Waals surface area (Å²) in [5, 5.41) is 21.9. The van der Waals surface area contributed by atoms with Gasteiger partial charge in [-0.3, -0.25) is 0 Å². The van der Waals surface area contributed by atoms with Crippen LogP contribution >= 0.6 is 0 Å². The number of hydrogen-bond acceptors (Lipinski definition) is 4. The summed E-state index contributed by atoms with van der Waals surface area (Å²) in [5.41, 5.74) is 1.55. The number of nitrogens with one attached hydrogen (secondary N) is 2. The van der Waals surface area contributed by atoms with Crippen molar-refractivity contribution in [3.63, 3.8) is 0 Å². The average molecular weight is 435 g/mol. The van der Waals surface area contributed by atoms with Crippen LogP contribution in [0.4, 0.5) is 4.79 Å². The Kier molecular flexibility index (Phi) is 8.83. The lowest BCUT2D eigenvalue weighted by Gasteiger charge is -2.23. The van der Waals surface area contributed by atoms with Crippen LogP contribution in [0.5, 0.6) is 0 Å². The quantitative estimate of drug-likeness (QED) is 0.434. The molecule has 0 spiro atoms. The molecule has 0 saturated heterocycles. The van der Waals surface area contributed by atoms with Crippen LogP contribution in [0.15, 0.2) is 59.5 Å². The second kappa shape index (κ2) is 11.1. The molecule has 2 aromatic rings. The van der Waals surface area contributed by atoms with E-state index in [1.165, 1.54) is 0 Å². The topological polar surface area (TPSA) is 116 Å². The predicted octanol–water partition coefficient (Wildman–Crippen LogP) is 2.79. The summed E-state index contributed by atoms with van der Waals surface area (Å²) < 4.78 is 28.1. The number of carboxylic acid groups (broad SMARTS) is 1. The zero-order valence-corrected chi connectivity index (χ0v) is 18.1. The first-order chi connectivity index (χ1) is 14.2. The molecule has 2 aromatic carbocycles. The molecule has 2 rings (SSSR count). The van der Waals surface area contributed by atoms with Gasteiger partial charge in [-0.2, -0.15) is 0 Å². The number of rotatable bonds is 11. The molecule has 0 aliphatic carbocycles. The van der Waals surface area contributed by atoms with E-state index in [4.69, 9.17) is 5.11 Å². The van der Waals surface area contributed by atoms with Gasteiger partial charge in [0, 0.05) is 6.54 Å². The molecule has 0 radical (unpaired) electrons. The lowest BCUT2D eigenvalue weighted by molar-refractivity contribution is 0.122. The van der Waals surface area contributed by atoms with Crippen molar-refractivity contribution < 1.29 is 23.4 Å². The van der Waals surface area contributed by atoms with Gasteiger partial charge in [-0.05, 0) is 42.4 Å². The van der Waals surface area contributed by atoms with Crippen LogP contribution in [0.2, 0.25) is 0 Å². The summed E-state index contributed by atoms with van der Waals surface area (Å²) in [4.78, 5) is 11.3. The van der Waals surface area contributed by atoms with Crippen molar-refractivity contribution in [3.8, 4) is 0 Å². The van der Waals surface area contributed by atoms with E-state index in [1.54, 1.807) is 24.3 Å². The van der Waals surface area contributed by atoms with E-state index in [1.807, 2.05) is 30.3 Å². The molecule has 164 valence electrons. The Hall–Kier alpha value is -2.42. The highest BCUT2D eigenvalue weighted by Crippen LogP contribution is 2.19. The Morgan fingerprint density at radius 3 is 2.30 bits per heavy atom. The maximum atomic E-state index is 12.8. The first-order valence-electron chi connectivity index (χ1n) is 9.98. The van der Waals surface area contributed by atoms with Gasteiger partial charge in [0.15, 0.2) is 0 Å². The SMILES string of the molecule is CC(C)CCc1ccccc1S(=O)(=O)NC[C@@H](O)[C@H](Cc1ccccc1)NC(=O)O. The number of amides is 1. The van der Waals surface area contributed by atoms with Gasteiger partial charge < -0.3 is 15.5 Å². The summed E-state index contributed by atoms with van der Waals surface area (Å²) in [6.45, 7) is 3.85. The third-order valence-corrected chi connectivity index (χ3v) is 6.33. The number of aryl methyl sites for hydroxylation is 1. The van der Waals surface area contributed by atoms with Gasteiger partial charge >= 0.3 is 6.09 Å². The van der Waals surface area contributed by atoms with Crippen LogP contribution in [-0.4, -0.2) is 43.4 Å². The highest BCUT2D eigenvalue weighted by Gasteiger charge is 2.25. The molecule has 0 fully saturated rings. The molecule has 7 nitrogen and oxygen atoms in total. The van der Waals surface area contributed by atoms with E-state index in [9.17, 15) is 18.3 Å². The Bertz CT molecular complexity index is 916. The van der Waals surface area contributed by atoms with E-state index in [0.717, 1.165) is 17.5 Å². The van der Waals surface area contributed by atoms with Gasteiger partial charge in [-0.1, -0.05) is 62.4 Å². The zero-order chi connectivity index (χ0) is 22.1. The lowest BCUT2D eigenvalue weighted by Crippen LogP contribution is -2.49. The smallest absolute Gasteiger partial charge is 0.404 e. The van der Waals surface area contributed by atoms with Gasteiger partial charge in [0.05, 0.1) is 17.0 Å². The summed E-state index contributed by atoms with van der Waals surface area (Å²) in [6, 6.07) is 15.0. The van der Waals surface area contributed by atoms with Crippen LogP contribution in [0.1, 0.15) is 31.4 Å². The van der Waals surface area contributed by atoms with Crippen LogP contribution in [-0.2, 0) is 22.9 Å². The molecule has 2 atom stereocenters. The Labute approximate surface area is 178 Å². The van der Waals surface area contributed by atoms with Gasteiger partial charge in [0.2, 0.25) is 10.0 Å². The molecule has 0 aliphatic rings. The number of carbonyl (C=O) groups is 1. The van der Waals surface area contributed by atoms with Crippen molar-refractivity contribution >= 4 is 16.1 Å². The Balaban J connectivity index is 2.10. The lowest BCUT2D eigenvalue weighted by atomic mass is 10.0. The van der Waals surface area contributed by atoms with Crippen molar-refractivity contribution in [3.05, 3.63) is 65.7 Å². The normalized spacial score (nSPS) is 13.7. The molecule has 0 heterocycles. The van der Waals surface area contributed by atoms with E-state index >= 15 is 0 Å². The molecule has 1 amide bonds. The molecule has 0 saturated carbocycles. The van der Waals surface area contributed by atoms with E-state index < -0.39 is 28.3 Å². The minimum atomic E-state index is -3.85. The summed E-state index contributed by atoms with van der Waals surface area (Å²) in [6.07, 6.45) is -0.789. The van der Waals surface area contributed by atoms with Crippen molar-refractivity contribution in [2.45, 2.75) is 50.2 Å². The summed E-state index contributed by atoms with van der Waals surface area (Å²) >= 11 is 0. The largest absolute Gasteiger partial charge is 0.465 e. The highest BCUT2D eigenvalue weighted by molar-refractivity contribution is 7.89. The number of sulfonamides is 1. The average Bonchev–Trinajstić information content (AvgIpc) is 2.70. The van der Waals surface area contributed by atoms with Crippen LogP contribution in [0.3, 0.4) is 0 Å². The van der Waals surface area contributed by atoms with E-state index in [0.29, 0.717) is 12.3 Å². The van der Waals surface area contributed by atoms with Crippen LogP contribution in [0.25, 0.3) is 0 Å². The molecule has 0 bridgehead atoms. The third kappa shape index (κ3) is 7.44. The summed E-state index contributed by atoms with van der Waals surface area (Å²) in [5.74, 6) is 0.441. The molecule has 0 aliphatic heterocycles. The maximum absolute atomic E-state index is 12.8. The highest BCUT2D eigenvalue weighted by atomic mass is 32.2. The fraction of sp³-hybridized carbons (Fsp3) is 0.409. The second-order valence-corrected chi connectivity index (χ2v) is 9.44. The monoisotopic (exact) mass is 434 g/mol. The zero-order valence-electron chi connectivity index (χ0n) is 17.3. The maximum Gasteiger partial charge on any atom is 0.404 e. The number of aliphatic hydroxyl groups excluding tert-OH is 1. The van der Waals surface area contributed by atoms with Gasteiger partial charge in [0.25, 0.3) is 0 Å².